The van der Waals surface area contributed by atoms with E-state index in [0.29, 0.717) is 11.5 Å². The van der Waals surface area contributed by atoms with Crippen molar-refractivity contribution in [2.75, 3.05) is 5.32 Å². The van der Waals surface area contributed by atoms with E-state index in [1.54, 1.807) is 12.1 Å². The van der Waals surface area contributed by atoms with E-state index >= 15 is 0 Å². The Balaban J connectivity index is 1.59. The molecule has 2 aromatic heterocycles. The molecular formula is C17H15N5O2S. The third kappa shape index (κ3) is 3.00. The van der Waals surface area contributed by atoms with Crippen molar-refractivity contribution in [3.05, 3.63) is 60.8 Å². The summed E-state index contributed by atoms with van der Waals surface area (Å²) in [6, 6.07) is 16.1. The van der Waals surface area contributed by atoms with Gasteiger partial charge in [-0.3, -0.25) is 5.10 Å². The second-order valence-electron chi connectivity index (χ2n) is 5.61. The fraction of sp³-hybridized carbons (Fsp3) is 0. The van der Waals surface area contributed by atoms with Gasteiger partial charge in [0.15, 0.2) is 5.82 Å². The number of fused-ring (bicyclic) bond motifs is 1. The van der Waals surface area contributed by atoms with Crippen molar-refractivity contribution in [1.82, 2.24) is 15.2 Å². The second kappa shape index (κ2) is 5.76. The van der Waals surface area contributed by atoms with Crippen LogP contribution < -0.4 is 10.5 Å². The number of hydrogen-bond donors (Lipinski definition) is 4. The Kier molecular flexibility index (Phi) is 3.56. The van der Waals surface area contributed by atoms with E-state index in [1.807, 2.05) is 36.5 Å². The number of nitrogens with zero attached hydrogens (tertiary/aromatic N) is 1. The van der Waals surface area contributed by atoms with Crippen LogP contribution in [0.15, 0.2) is 65.7 Å². The van der Waals surface area contributed by atoms with Crippen LogP contribution in [0, 0.1) is 0 Å². The number of primary sulfonamides is 1. The molecule has 2 aromatic carbocycles. The zero-order valence-corrected chi connectivity index (χ0v) is 13.8. The Labute approximate surface area is 143 Å². The maximum Gasteiger partial charge on any atom is 0.238 e. The number of nitrogens with one attached hydrogen (secondary N) is 3. The van der Waals surface area contributed by atoms with Gasteiger partial charge in [0, 0.05) is 34.4 Å². The van der Waals surface area contributed by atoms with E-state index in [2.05, 4.69) is 20.5 Å². The summed E-state index contributed by atoms with van der Waals surface area (Å²) < 4.78 is 22.6. The number of H-pyrrole nitrogens is 2. The minimum atomic E-state index is -3.69. The van der Waals surface area contributed by atoms with E-state index in [1.165, 1.54) is 12.1 Å². The van der Waals surface area contributed by atoms with Gasteiger partial charge >= 0.3 is 0 Å². The molecule has 8 heteroatoms. The molecule has 7 nitrogen and oxygen atoms in total. The van der Waals surface area contributed by atoms with Gasteiger partial charge in [0.1, 0.15) is 0 Å². The lowest BCUT2D eigenvalue weighted by Gasteiger charge is -2.03. The van der Waals surface area contributed by atoms with Crippen molar-refractivity contribution in [2.45, 2.75) is 4.90 Å². The summed E-state index contributed by atoms with van der Waals surface area (Å²) in [6.07, 6.45) is 1.93. The molecule has 2 heterocycles. The summed E-state index contributed by atoms with van der Waals surface area (Å²) in [7, 11) is -3.69. The molecule has 5 N–H and O–H groups in total. The second-order valence-corrected chi connectivity index (χ2v) is 7.17. The molecular weight excluding hydrogens is 338 g/mol. The van der Waals surface area contributed by atoms with E-state index in [-0.39, 0.29) is 4.90 Å². The number of hydrogen-bond acceptors (Lipinski definition) is 4. The Morgan fingerprint density at radius 1 is 1.04 bits per heavy atom. The Morgan fingerprint density at radius 2 is 1.80 bits per heavy atom. The summed E-state index contributed by atoms with van der Waals surface area (Å²) in [6.45, 7) is 0. The molecule has 0 unspecified atom stereocenters. The van der Waals surface area contributed by atoms with Gasteiger partial charge < -0.3 is 10.3 Å². The molecule has 4 rings (SSSR count). The molecule has 0 saturated heterocycles. The lowest BCUT2D eigenvalue weighted by molar-refractivity contribution is 0.598. The number of anilines is 2. The number of nitrogens with two attached hydrogens (primary N) is 1. The molecule has 0 bridgehead atoms. The predicted molar refractivity (Wildman–Crippen MR) is 97.0 cm³/mol. The molecule has 25 heavy (non-hydrogen) atoms. The number of aromatic amines is 2. The van der Waals surface area contributed by atoms with E-state index in [0.717, 1.165) is 22.2 Å². The van der Waals surface area contributed by atoms with Gasteiger partial charge in [0.05, 0.1) is 10.6 Å². The third-order valence-electron chi connectivity index (χ3n) is 3.91. The maximum absolute atomic E-state index is 11.3. The lowest BCUT2D eigenvalue weighted by Crippen LogP contribution is -2.11. The predicted octanol–water partition coefficient (Wildman–Crippen LogP) is 2.95. The smallest absolute Gasteiger partial charge is 0.238 e. The molecule has 0 spiro atoms. The van der Waals surface area contributed by atoms with Gasteiger partial charge in [-0.1, -0.05) is 18.2 Å². The Morgan fingerprint density at radius 3 is 2.56 bits per heavy atom. The first-order valence-corrected chi connectivity index (χ1v) is 9.07. The molecule has 0 aliphatic rings. The van der Waals surface area contributed by atoms with E-state index in [4.69, 9.17) is 5.14 Å². The van der Waals surface area contributed by atoms with E-state index < -0.39 is 10.0 Å². The number of sulfonamides is 1. The fourth-order valence-electron chi connectivity index (χ4n) is 2.69. The van der Waals surface area contributed by atoms with Crippen molar-refractivity contribution in [2.24, 2.45) is 5.14 Å². The summed E-state index contributed by atoms with van der Waals surface area (Å²) in [5, 5.41) is 16.6. The topological polar surface area (TPSA) is 117 Å². The lowest BCUT2D eigenvalue weighted by atomic mass is 10.1. The van der Waals surface area contributed by atoms with Crippen LogP contribution in [0.2, 0.25) is 0 Å². The standard InChI is InChI=1S/C17H15N5O2S/c18-25(23,24)12-7-5-11(6-8-12)20-17-9-16(21-22-17)14-10-19-15-4-2-1-3-13(14)15/h1-10,19H,(H2,18,23,24)(H2,20,21,22). The van der Waals surface area contributed by atoms with Crippen LogP contribution in [-0.2, 0) is 10.0 Å². The maximum atomic E-state index is 11.3. The zero-order valence-electron chi connectivity index (χ0n) is 13.0. The number of aromatic nitrogens is 3. The highest BCUT2D eigenvalue weighted by molar-refractivity contribution is 7.89. The molecule has 0 aliphatic carbocycles. The van der Waals surface area contributed by atoms with Crippen LogP contribution in [0.1, 0.15) is 0 Å². The molecule has 126 valence electrons. The van der Waals surface area contributed by atoms with Crippen LogP contribution in [0.3, 0.4) is 0 Å². The van der Waals surface area contributed by atoms with Crippen LogP contribution in [0.5, 0.6) is 0 Å². The number of para-hydroxylation sites is 1. The highest BCUT2D eigenvalue weighted by Crippen LogP contribution is 2.29. The molecule has 0 radical (unpaired) electrons. The van der Waals surface area contributed by atoms with Crippen LogP contribution in [0.25, 0.3) is 22.2 Å². The first-order chi connectivity index (χ1) is 12.0. The minimum absolute atomic E-state index is 0.0690. The first kappa shape index (κ1) is 15.4. The van der Waals surface area contributed by atoms with Crippen molar-refractivity contribution in [3.8, 4) is 11.3 Å². The SMILES string of the molecule is NS(=O)(=O)c1ccc(Nc2cc(-c3c[nH]c4ccccc34)[nH]n2)cc1. The highest BCUT2D eigenvalue weighted by Gasteiger charge is 2.10. The minimum Gasteiger partial charge on any atom is -0.360 e. The summed E-state index contributed by atoms with van der Waals surface area (Å²) in [5.74, 6) is 0.628. The van der Waals surface area contributed by atoms with Gasteiger partial charge in [0.2, 0.25) is 10.0 Å². The van der Waals surface area contributed by atoms with Crippen LogP contribution >= 0.6 is 0 Å². The molecule has 0 saturated carbocycles. The molecule has 0 atom stereocenters. The van der Waals surface area contributed by atoms with Gasteiger partial charge in [-0.15, -0.1) is 0 Å². The summed E-state index contributed by atoms with van der Waals surface area (Å²) in [5.41, 5.74) is 3.67. The summed E-state index contributed by atoms with van der Waals surface area (Å²) >= 11 is 0. The van der Waals surface area contributed by atoms with Crippen molar-refractivity contribution in [1.29, 1.82) is 0 Å². The van der Waals surface area contributed by atoms with Gasteiger partial charge in [-0.25, -0.2) is 13.6 Å². The molecule has 4 aromatic rings. The quantitative estimate of drug-likeness (QED) is 0.451. The highest BCUT2D eigenvalue weighted by atomic mass is 32.2. The Hall–Kier alpha value is -3.10. The van der Waals surface area contributed by atoms with Gasteiger partial charge in [-0.05, 0) is 30.3 Å². The van der Waals surface area contributed by atoms with Crippen LogP contribution in [-0.4, -0.2) is 23.6 Å². The summed E-state index contributed by atoms with van der Waals surface area (Å²) in [4.78, 5) is 3.30. The average molecular weight is 353 g/mol. The van der Waals surface area contributed by atoms with Crippen molar-refractivity contribution >= 4 is 32.4 Å². The third-order valence-corrected chi connectivity index (χ3v) is 4.84. The largest absolute Gasteiger partial charge is 0.360 e. The van der Waals surface area contributed by atoms with Gasteiger partial charge in [-0.2, -0.15) is 5.10 Å². The van der Waals surface area contributed by atoms with Crippen molar-refractivity contribution in [3.63, 3.8) is 0 Å². The van der Waals surface area contributed by atoms with Crippen LogP contribution in [0.4, 0.5) is 11.5 Å². The van der Waals surface area contributed by atoms with Gasteiger partial charge in [0.25, 0.3) is 0 Å². The molecule has 0 aliphatic heterocycles. The normalized spacial score (nSPS) is 11.7. The zero-order chi connectivity index (χ0) is 17.4. The van der Waals surface area contributed by atoms with E-state index in [9.17, 15) is 8.42 Å². The van der Waals surface area contributed by atoms with Crippen molar-refractivity contribution < 1.29 is 8.42 Å². The number of rotatable bonds is 4. The molecule has 0 amide bonds. The monoisotopic (exact) mass is 353 g/mol. The average Bonchev–Trinajstić information content (AvgIpc) is 3.21. The number of benzene rings is 2. The fourth-order valence-corrected chi connectivity index (χ4v) is 3.21. The molecule has 0 fully saturated rings. The Bertz CT molecular complexity index is 1140. The first-order valence-electron chi connectivity index (χ1n) is 7.52.